The van der Waals surface area contributed by atoms with Crippen LogP contribution in [0.25, 0.3) is 27.5 Å². The molecular weight excluding hydrogens is 268 g/mol. The van der Waals surface area contributed by atoms with Crippen LogP contribution in [0.2, 0.25) is 0 Å². The molecule has 4 rings (SSSR count). The highest BCUT2D eigenvalue weighted by molar-refractivity contribution is 6.09. The zero-order valence-corrected chi connectivity index (χ0v) is 12.5. The van der Waals surface area contributed by atoms with Gasteiger partial charge in [0.15, 0.2) is 0 Å². The van der Waals surface area contributed by atoms with Crippen LogP contribution in [0, 0.1) is 0 Å². The van der Waals surface area contributed by atoms with Crippen LogP contribution in [0.5, 0.6) is 0 Å². The first-order valence-electron chi connectivity index (χ1n) is 7.60. The molecule has 1 heterocycles. The summed E-state index contributed by atoms with van der Waals surface area (Å²) in [7, 11) is 0. The fraction of sp³-hybridized carbons (Fsp3) is 0.100. The second-order valence-corrected chi connectivity index (χ2v) is 5.75. The Kier molecular flexibility index (Phi) is 2.98. The molecule has 2 N–H and O–H groups in total. The van der Waals surface area contributed by atoms with Gasteiger partial charge in [-0.3, -0.25) is 0 Å². The van der Waals surface area contributed by atoms with Crippen LogP contribution < -0.4 is 5.73 Å². The molecule has 4 aromatic rings. The van der Waals surface area contributed by atoms with E-state index in [2.05, 4.69) is 71.3 Å². The van der Waals surface area contributed by atoms with Gasteiger partial charge in [0.2, 0.25) is 0 Å². The molecule has 0 bridgehead atoms. The van der Waals surface area contributed by atoms with Crippen LogP contribution in [0.3, 0.4) is 0 Å². The SMILES string of the molecule is CC(N)c1ccc2c(c1)c1ccccc1n2-c1ccccc1. The van der Waals surface area contributed by atoms with Gasteiger partial charge in [0.1, 0.15) is 0 Å². The first kappa shape index (κ1) is 13.1. The lowest BCUT2D eigenvalue weighted by molar-refractivity contribution is 0.820. The predicted molar refractivity (Wildman–Crippen MR) is 93.4 cm³/mol. The fourth-order valence-electron chi connectivity index (χ4n) is 3.13. The monoisotopic (exact) mass is 286 g/mol. The average molecular weight is 286 g/mol. The summed E-state index contributed by atoms with van der Waals surface area (Å²) in [6, 6.07) is 25.6. The van der Waals surface area contributed by atoms with Crippen molar-refractivity contribution >= 4 is 21.8 Å². The van der Waals surface area contributed by atoms with Gasteiger partial charge in [0.25, 0.3) is 0 Å². The number of hydrogen-bond donors (Lipinski definition) is 1. The van der Waals surface area contributed by atoms with Gasteiger partial charge in [-0.15, -0.1) is 0 Å². The molecule has 1 atom stereocenters. The van der Waals surface area contributed by atoms with Gasteiger partial charge in [-0.25, -0.2) is 0 Å². The maximum absolute atomic E-state index is 6.06. The highest BCUT2D eigenvalue weighted by Gasteiger charge is 2.12. The van der Waals surface area contributed by atoms with E-state index in [4.69, 9.17) is 5.73 Å². The summed E-state index contributed by atoms with van der Waals surface area (Å²) < 4.78 is 2.32. The second-order valence-electron chi connectivity index (χ2n) is 5.75. The van der Waals surface area contributed by atoms with Gasteiger partial charge in [0, 0.05) is 22.5 Å². The van der Waals surface area contributed by atoms with Gasteiger partial charge >= 0.3 is 0 Å². The summed E-state index contributed by atoms with van der Waals surface area (Å²) in [4.78, 5) is 0. The van der Waals surface area contributed by atoms with Crippen molar-refractivity contribution in [1.82, 2.24) is 4.57 Å². The van der Waals surface area contributed by atoms with Crippen molar-refractivity contribution in [3.05, 3.63) is 78.4 Å². The van der Waals surface area contributed by atoms with Gasteiger partial charge in [-0.2, -0.15) is 0 Å². The minimum Gasteiger partial charge on any atom is -0.324 e. The number of benzene rings is 3. The van der Waals surface area contributed by atoms with E-state index in [1.807, 2.05) is 13.0 Å². The Morgan fingerprint density at radius 3 is 2.23 bits per heavy atom. The molecule has 2 nitrogen and oxygen atoms in total. The Balaban J connectivity index is 2.14. The van der Waals surface area contributed by atoms with E-state index < -0.39 is 0 Å². The Bertz CT molecular complexity index is 949. The van der Waals surface area contributed by atoms with Gasteiger partial charge in [-0.1, -0.05) is 42.5 Å². The predicted octanol–water partition coefficient (Wildman–Crippen LogP) is 4.80. The molecule has 3 aromatic carbocycles. The van der Waals surface area contributed by atoms with Crippen molar-refractivity contribution in [2.75, 3.05) is 0 Å². The lowest BCUT2D eigenvalue weighted by Crippen LogP contribution is -2.04. The molecule has 1 unspecified atom stereocenters. The largest absolute Gasteiger partial charge is 0.324 e. The van der Waals surface area contributed by atoms with Crippen molar-refractivity contribution in [3.8, 4) is 5.69 Å². The molecular formula is C20H18N2. The Morgan fingerprint density at radius 2 is 1.45 bits per heavy atom. The van der Waals surface area contributed by atoms with Crippen LogP contribution >= 0.6 is 0 Å². The minimum absolute atomic E-state index is 0.0447. The van der Waals surface area contributed by atoms with Gasteiger partial charge < -0.3 is 10.3 Å². The summed E-state index contributed by atoms with van der Waals surface area (Å²) in [6.45, 7) is 2.03. The lowest BCUT2D eigenvalue weighted by Gasteiger charge is -2.09. The number of para-hydroxylation sites is 2. The zero-order chi connectivity index (χ0) is 15.1. The molecule has 0 saturated carbocycles. The molecule has 0 saturated heterocycles. The molecule has 0 aliphatic rings. The smallest absolute Gasteiger partial charge is 0.0541 e. The second kappa shape index (κ2) is 5.00. The van der Waals surface area contributed by atoms with Crippen molar-refractivity contribution in [1.29, 1.82) is 0 Å². The standard InChI is InChI=1S/C20H18N2/c1-14(21)15-11-12-20-18(13-15)17-9-5-6-10-19(17)22(20)16-7-3-2-4-8-16/h2-14H,21H2,1H3. The Morgan fingerprint density at radius 1 is 0.773 bits per heavy atom. The maximum atomic E-state index is 6.06. The quantitative estimate of drug-likeness (QED) is 0.563. The first-order valence-corrected chi connectivity index (χ1v) is 7.60. The fourth-order valence-corrected chi connectivity index (χ4v) is 3.13. The summed E-state index contributed by atoms with van der Waals surface area (Å²) >= 11 is 0. The maximum Gasteiger partial charge on any atom is 0.0541 e. The molecule has 0 amide bonds. The van der Waals surface area contributed by atoms with Gasteiger partial charge in [-0.05, 0) is 42.8 Å². The molecule has 108 valence electrons. The minimum atomic E-state index is 0.0447. The molecule has 22 heavy (non-hydrogen) atoms. The molecule has 0 aliphatic heterocycles. The van der Waals surface area contributed by atoms with Crippen molar-refractivity contribution in [2.45, 2.75) is 13.0 Å². The summed E-state index contributed by atoms with van der Waals surface area (Å²) in [5.41, 5.74) is 10.9. The number of nitrogens with zero attached hydrogens (tertiary/aromatic N) is 1. The summed E-state index contributed by atoms with van der Waals surface area (Å²) in [6.07, 6.45) is 0. The average Bonchev–Trinajstić information content (AvgIpc) is 2.89. The summed E-state index contributed by atoms with van der Waals surface area (Å²) in [5, 5.41) is 2.53. The topological polar surface area (TPSA) is 30.9 Å². The van der Waals surface area contributed by atoms with Crippen LogP contribution in [-0.4, -0.2) is 4.57 Å². The number of nitrogens with two attached hydrogens (primary N) is 1. The van der Waals surface area contributed by atoms with E-state index in [-0.39, 0.29) is 6.04 Å². The Labute approximate surface area is 129 Å². The van der Waals surface area contributed by atoms with E-state index in [1.165, 1.54) is 33.1 Å². The number of hydrogen-bond acceptors (Lipinski definition) is 1. The molecule has 0 spiro atoms. The highest BCUT2D eigenvalue weighted by Crippen LogP contribution is 2.33. The van der Waals surface area contributed by atoms with Crippen LogP contribution in [-0.2, 0) is 0 Å². The van der Waals surface area contributed by atoms with Crippen LogP contribution in [0.15, 0.2) is 72.8 Å². The van der Waals surface area contributed by atoms with Crippen molar-refractivity contribution in [2.24, 2.45) is 5.73 Å². The molecule has 0 fully saturated rings. The lowest BCUT2D eigenvalue weighted by atomic mass is 10.1. The van der Waals surface area contributed by atoms with E-state index in [0.717, 1.165) is 0 Å². The molecule has 0 aliphatic carbocycles. The van der Waals surface area contributed by atoms with E-state index in [0.29, 0.717) is 0 Å². The zero-order valence-electron chi connectivity index (χ0n) is 12.5. The van der Waals surface area contributed by atoms with Crippen LogP contribution in [0.1, 0.15) is 18.5 Å². The summed E-state index contributed by atoms with van der Waals surface area (Å²) in [5.74, 6) is 0. The molecule has 0 radical (unpaired) electrons. The van der Waals surface area contributed by atoms with Crippen LogP contribution in [0.4, 0.5) is 0 Å². The molecule has 1 aromatic heterocycles. The van der Waals surface area contributed by atoms with Crippen molar-refractivity contribution in [3.63, 3.8) is 0 Å². The highest BCUT2D eigenvalue weighted by atomic mass is 15.0. The number of fused-ring (bicyclic) bond motifs is 3. The third-order valence-corrected chi connectivity index (χ3v) is 4.24. The van der Waals surface area contributed by atoms with E-state index >= 15 is 0 Å². The third-order valence-electron chi connectivity index (χ3n) is 4.24. The molecule has 2 heteroatoms. The van der Waals surface area contributed by atoms with Gasteiger partial charge in [0.05, 0.1) is 11.0 Å². The van der Waals surface area contributed by atoms with Crippen molar-refractivity contribution < 1.29 is 0 Å². The van der Waals surface area contributed by atoms with E-state index in [9.17, 15) is 0 Å². The third kappa shape index (κ3) is 1.92. The first-order chi connectivity index (χ1) is 10.8. The number of aromatic nitrogens is 1. The van der Waals surface area contributed by atoms with E-state index in [1.54, 1.807) is 0 Å². The number of rotatable bonds is 2. The Hall–Kier alpha value is -2.58. The normalized spacial score (nSPS) is 12.8.